The van der Waals surface area contributed by atoms with Crippen molar-refractivity contribution in [2.24, 2.45) is 0 Å². The molecule has 0 amide bonds. The molecule has 0 aromatic carbocycles. The molecule has 0 heterocycles. The number of rotatable bonds is 5. The van der Waals surface area contributed by atoms with Crippen LogP contribution in [0.15, 0.2) is 0 Å². The molecule has 0 aliphatic carbocycles. The van der Waals surface area contributed by atoms with E-state index in [2.05, 4.69) is 0 Å². The van der Waals surface area contributed by atoms with Crippen LogP contribution < -0.4 is 0 Å². The van der Waals surface area contributed by atoms with Gasteiger partial charge in [-0.05, 0) is 13.3 Å². The molecule has 6 nitrogen and oxygen atoms in total. The molecular weight excluding hydrogens is 447 g/mol. The zero-order valence-corrected chi connectivity index (χ0v) is 13.9. The second-order valence-corrected chi connectivity index (χ2v) is 11.3. The molecule has 0 saturated carbocycles. The second-order valence-electron chi connectivity index (χ2n) is 4.45. The van der Waals surface area contributed by atoms with E-state index in [9.17, 15) is 64.8 Å². The lowest BCUT2D eigenvalue weighted by molar-refractivity contribution is -0.0472. The van der Waals surface area contributed by atoms with Crippen LogP contribution in [-0.2, 0) is 29.5 Å². The van der Waals surface area contributed by atoms with Crippen LogP contribution in [0.3, 0.4) is 0 Å². The third-order valence-electron chi connectivity index (χ3n) is 2.71. The summed E-state index contributed by atoms with van der Waals surface area (Å²) >= 11 is 0. The Kier molecular flexibility index (Phi) is 6.23. The van der Waals surface area contributed by atoms with E-state index >= 15 is 0 Å². The average molecular weight is 454 g/mol. The molecule has 0 radical (unpaired) electrons. The molecule has 0 fully saturated rings. The smallest absolute Gasteiger partial charge is 0.219 e. The van der Waals surface area contributed by atoms with E-state index < -0.39 is 62.3 Å². The topological polar surface area (TPSA) is 102 Å². The lowest BCUT2D eigenvalue weighted by Gasteiger charge is -2.23. The van der Waals surface area contributed by atoms with Gasteiger partial charge < -0.3 is 0 Å². The van der Waals surface area contributed by atoms with Crippen molar-refractivity contribution in [2.75, 3.05) is 0 Å². The molecule has 0 spiro atoms. The Morgan fingerprint density at radius 1 is 0.600 bits per heavy atom. The van der Waals surface area contributed by atoms with Crippen LogP contribution in [0, 0.1) is 0 Å². The molecule has 0 bridgehead atoms. The Morgan fingerprint density at radius 3 is 1.04 bits per heavy atom. The van der Waals surface area contributed by atoms with Gasteiger partial charge in [0.2, 0.25) is 0 Å². The third-order valence-corrected chi connectivity index (χ3v) is 9.19. The van der Waals surface area contributed by atoms with E-state index in [1.165, 1.54) is 0 Å². The monoisotopic (exact) mass is 454 g/mol. The van der Waals surface area contributed by atoms with Gasteiger partial charge in [0.05, 0.1) is 5.25 Å². The first-order chi connectivity index (χ1) is 10.5. The second kappa shape index (κ2) is 6.43. The summed E-state index contributed by atoms with van der Waals surface area (Å²) in [5.41, 5.74) is -19.4. The van der Waals surface area contributed by atoms with Crippen molar-refractivity contribution in [3.8, 4) is 0 Å². The minimum absolute atomic E-state index is 0.0758. The first-order valence-corrected chi connectivity index (χ1v) is 10.1. The van der Waals surface area contributed by atoms with Gasteiger partial charge in [0, 0.05) is 0 Å². The van der Waals surface area contributed by atoms with E-state index in [4.69, 9.17) is 0 Å². The van der Waals surface area contributed by atoms with Gasteiger partial charge in [-0.3, -0.25) is 0 Å². The molecule has 152 valence electrons. The fourth-order valence-electron chi connectivity index (χ4n) is 1.34. The van der Waals surface area contributed by atoms with Crippen LogP contribution in [0.2, 0.25) is 0 Å². The lowest BCUT2D eigenvalue weighted by atomic mass is 10.4. The van der Waals surface area contributed by atoms with Crippen molar-refractivity contribution in [1.82, 2.24) is 0 Å². The van der Waals surface area contributed by atoms with E-state index in [0.29, 0.717) is 0 Å². The maximum Gasteiger partial charge on any atom is 0.498 e. The Bertz CT molecular complexity index is 755. The number of hydrogen-bond acceptors (Lipinski definition) is 6. The number of hydrogen-bond donors (Lipinski definition) is 0. The maximum absolute atomic E-state index is 12.4. The third kappa shape index (κ3) is 4.50. The van der Waals surface area contributed by atoms with Gasteiger partial charge in [-0.2, -0.15) is 39.5 Å². The summed E-state index contributed by atoms with van der Waals surface area (Å²) in [6.45, 7) is -0.0758. The fourth-order valence-corrected chi connectivity index (χ4v) is 6.16. The summed E-state index contributed by atoms with van der Waals surface area (Å²) in [7, 11) is -20.9. The van der Waals surface area contributed by atoms with Crippen LogP contribution in [0.1, 0.15) is 13.3 Å². The standard InChI is InChI=1S/C7H7F9O6S3/c1-3(23(17,18)5(8,9)10)2-4(24(19,20)6(11,12)13)25(21,22)7(14,15)16/h3-4H,2H2,1H3. The van der Waals surface area contributed by atoms with Crippen molar-refractivity contribution in [1.29, 1.82) is 0 Å². The Hall–Kier alpha value is -0.780. The van der Waals surface area contributed by atoms with Gasteiger partial charge in [0.15, 0.2) is 4.58 Å². The predicted octanol–water partition coefficient (Wildman–Crippen LogP) is 1.89. The highest BCUT2D eigenvalue weighted by Gasteiger charge is 2.64. The summed E-state index contributed by atoms with van der Waals surface area (Å²) < 4.78 is 173. The van der Waals surface area contributed by atoms with Gasteiger partial charge in [0.1, 0.15) is 0 Å². The minimum atomic E-state index is -7.22. The summed E-state index contributed by atoms with van der Waals surface area (Å²) in [6, 6.07) is 0. The zero-order valence-electron chi connectivity index (χ0n) is 11.4. The Morgan fingerprint density at radius 2 is 0.840 bits per heavy atom. The fraction of sp³-hybridized carbons (Fsp3) is 1.00. The molecule has 0 aliphatic heterocycles. The number of alkyl halides is 9. The van der Waals surface area contributed by atoms with Gasteiger partial charge >= 0.3 is 16.5 Å². The van der Waals surface area contributed by atoms with Crippen molar-refractivity contribution in [3.63, 3.8) is 0 Å². The molecule has 1 atom stereocenters. The lowest BCUT2D eigenvalue weighted by Crippen LogP contribution is -2.47. The van der Waals surface area contributed by atoms with Crippen LogP contribution >= 0.6 is 0 Å². The van der Waals surface area contributed by atoms with Crippen LogP contribution in [0.5, 0.6) is 0 Å². The van der Waals surface area contributed by atoms with Gasteiger partial charge in [-0.1, -0.05) is 0 Å². The highest BCUT2D eigenvalue weighted by molar-refractivity contribution is 8.09. The SMILES string of the molecule is CC(CC(S(=O)(=O)C(F)(F)F)S(=O)(=O)C(F)(F)F)S(=O)(=O)C(F)(F)F. The summed E-state index contributed by atoms with van der Waals surface area (Å²) in [5.74, 6) is 0. The predicted molar refractivity (Wildman–Crippen MR) is 62.8 cm³/mol. The van der Waals surface area contributed by atoms with Crippen molar-refractivity contribution < 1.29 is 64.8 Å². The molecule has 1 unspecified atom stereocenters. The first-order valence-electron chi connectivity index (χ1n) is 5.41. The molecule has 0 aliphatic rings. The average Bonchev–Trinajstić information content (AvgIpc) is 2.30. The molecule has 0 saturated heterocycles. The summed E-state index contributed by atoms with van der Waals surface area (Å²) in [5, 5.41) is -3.23. The molecule has 0 aromatic rings. The van der Waals surface area contributed by atoms with E-state index in [0.717, 1.165) is 0 Å². The zero-order chi connectivity index (χ0) is 20.9. The number of sulfone groups is 3. The van der Waals surface area contributed by atoms with Crippen LogP contribution in [-0.4, -0.2) is 51.6 Å². The maximum atomic E-state index is 12.4. The molecule has 0 rings (SSSR count). The number of halogens is 9. The molecule has 0 N–H and O–H groups in total. The highest BCUT2D eigenvalue weighted by atomic mass is 32.3. The Balaban J connectivity index is 6.45. The molecular formula is C7H7F9O6S3. The van der Waals surface area contributed by atoms with E-state index in [-0.39, 0.29) is 6.92 Å². The van der Waals surface area contributed by atoms with Crippen LogP contribution in [0.4, 0.5) is 39.5 Å². The van der Waals surface area contributed by atoms with Crippen molar-refractivity contribution in [2.45, 2.75) is 39.7 Å². The molecule has 18 heteroatoms. The van der Waals surface area contributed by atoms with Gasteiger partial charge in [-0.15, -0.1) is 0 Å². The van der Waals surface area contributed by atoms with Gasteiger partial charge in [0.25, 0.3) is 29.5 Å². The normalized spacial score (nSPS) is 16.9. The molecule has 25 heavy (non-hydrogen) atoms. The van der Waals surface area contributed by atoms with Gasteiger partial charge in [-0.25, -0.2) is 25.3 Å². The van der Waals surface area contributed by atoms with Crippen molar-refractivity contribution in [3.05, 3.63) is 0 Å². The summed E-state index contributed by atoms with van der Waals surface area (Å²) in [4.78, 5) is 0. The summed E-state index contributed by atoms with van der Waals surface area (Å²) in [6.07, 6.45) is -2.63. The largest absolute Gasteiger partial charge is 0.498 e. The minimum Gasteiger partial charge on any atom is -0.219 e. The highest BCUT2D eigenvalue weighted by Crippen LogP contribution is 2.40. The quantitative estimate of drug-likeness (QED) is 0.588. The van der Waals surface area contributed by atoms with E-state index in [1.807, 2.05) is 0 Å². The van der Waals surface area contributed by atoms with Crippen LogP contribution in [0.25, 0.3) is 0 Å². The molecule has 0 aromatic heterocycles. The van der Waals surface area contributed by atoms with E-state index in [1.54, 1.807) is 0 Å². The Labute approximate surface area is 134 Å². The van der Waals surface area contributed by atoms with Crippen molar-refractivity contribution >= 4 is 29.5 Å². The first kappa shape index (κ1) is 24.2.